The normalized spacial score (nSPS) is 11.5. The number of nitrogens with one attached hydrogen (secondary N) is 2. The molecule has 2 amide bonds. The minimum Gasteiger partial charge on any atom is -0.352 e. The molecule has 0 aliphatic rings. The van der Waals surface area contributed by atoms with Gasteiger partial charge in [-0.05, 0) is 25.5 Å². The number of para-hydroxylation sites is 1. The van der Waals surface area contributed by atoms with Crippen LogP contribution in [-0.2, 0) is 35.5 Å². The number of fused-ring (bicyclic) bond motifs is 1. The van der Waals surface area contributed by atoms with E-state index in [1.165, 1.54) is 4.57 Å². The van der Waals surface area contributed by atoms with Crippen LogP contribution in [0.5, 0.6) is 0 Å². The Morgan fingerprint density at radius 2 is 1.78 bits per heavy atom. The van der Waals surface area contributed by atoms with Crippen LogP contribution in [0.1, 0.15) is 34.5 Å². The van der Waals surface area contributed by atoms with Gasteiger partial charge in [0.1, 0.15) is 0 Å². The first-order valence-electron chi connectivity index (χ1n) is 10.1. The van der Waals surface area contributed by atoms with Crippen LogP contribution >= 0.6 is 0 Å². The lowest BCUT2D eigenvalue weighted by molar-refractivity contribution is -0.121. The monoisotopic (exact) mass is 458 g/mol. The van der Waals surface area contributed by atoms with Crippen LogP contribution in [0, 0.1) is 6.92 Å². The zero-order valence-electron chi connectivity index (χ0n) is 18.2. The first kappa shape index (κ1) is 23.3. The van der Waals surface area contributed by atoms with Crippen LogP contribution in [0.25, 0.3) is 10.9 Å². The van der Waals surface area contributed by atoms with Gasteiger partial charge in [0, 0.05) is 55.4 Å². The van der Waals surface area contributed by atoms with Crippen molar-refractivity contribution in [2.45, 2.75) is 26.3 Å². The van der Waals surface area contributed by atoms with Crippen LogP contribution in [0.4, 0.5) is 0 Å². The van der Waals surface area contributed by atoms with Crippen molar-refractivity contribution >= 4 is 32.7 Å². The van der Waals surface area contributed by atoms with Crippen molar-refractivity contribution in [1.29, 1.82) is 0 Å². The first-order chi connectivity index (χ1) is 15.1. The smallest absolute Gasteiger partial charge is 0.266 e. The summed E-state index contributed by atoms with van der Waals surface area (Å²) in [4.78, 5) is 36.7. The maximum absolute atomic E-state index is 12.5. The number of aryl methyl sites for hydroxylation is 2. The molecule has 3 aromatic rings. The summed E-state index contributed by atoms with van der Waals surface area (Å²) in [6.45, 7) is 1.87. The van der Waals surface area contributed by atoms with Crippen molar-refractivity contribution in [2.75, 3.05) is 5.75 Å². The average molecular weight is 459 g/mol. The predicted octanol–water partition coefficient (Wildman–Crippen LogP) is 1.34. The van der Waals surface area contributed by atoms with Gasteiger partial charge in [0.15, 0.2) is 0 Å². The van der Waals surface area contributed by atoms with E-state index in [4.69, 9.17) is 0 Å². The Morgan fingerprint density at radius 1 is 1.06 bits per heavy atom. The van der Waals surface area contributed by atoms with Gasteiger partial charge in [-0.25, -0.2) is 13.1 Å². The number of rotatable bonds is 8. The Balaban J connectivity index is 1.51. The van der Waals surface area contributed by atoms with Crippen molar-refractivity contribution in [3.8, 4) is 0 Å². The van der Waals surface area contributed by atoms with Gasteiger partial charge in [0.05, 0.1) is 11.3 Å². The van der Waals surface area contributed by atoms with Crippen molar-refractivity contribution in [3.63, 3.8) is 0 Å². The van der Waals surface area contributed by atoms with Crippen LogP contribution in [0.15, 0.2) is 47.4 Å². The standard InChI is InChI=1S/C22H26N4O5S/c1-15-10-11-16(22(29)26(15)3)13-23-20(27)9-6-12-32(30,31)24-21(28)18-14-25(2)19-8-5-4-7-17(18)19/h4-5,7-8,10-11,14H,6,9,12-13H2,1-3H3,(H,23,27)(H,24,28). The van der Waals surface area contributed by atoms with Gasteiger partial charge in [-0.1, -0.05) is 24.3 Å². The third-order valence-electron chi connectivity index (χ3n) is 5.32. The van der Waals surface area contributed by atoms with Gasteiger partial charge in [0.25, 0.3) is 11.5 Å². The Bertz CT molecular complexity index is 1340. The lowest BCUT2D eigenvalue weighted by Gasteiger charge is -2.09. The Morgan fingerprint density at radius 3 is 2.53 bits per heavy atom. The highest BCUT2D eigenvalue weighted by molar-refractivity contribution is 7.90. The maximum Gasteiger partial charge on any atom is 0.266 e. The summed E-state index contributed by atoms with van der Waals surface area (Å²) in [5.74, 6) is -1.45. The molecule has 2 aromatic heterocycles. The van der Waals surface area contributed by atoms with Gasteiger partial charge in [-0.3, -0.25) is 14.4 Å². The molecule has 2 N–H and O–H groups in total. The number of benzene rings is 1. The number of aromatic nitrogens is 2. The molecule has 0 fully saturated rings. The van der Waals surface area contributed by atoms with E-state index >= 15 is 0 Å². The molecule has 170 valence electrons. The zero-order chi connectivity index (χ0) is 23.5. The number of amides is 2. The molecule has 0 unspecified atom stereocenters. The van der Waals surface area contributed by atoms with Crippen LogP contribution in [-0.4, -0.2) is 35.1 Å². The highest BCUT2D eigenvalue weighted by Gasteiger charge is 2.20. The summed E-state index contributed by atoms with van der Waals surface area (Å²) in [5.41, 5.74) is 2.14. The molecule has 32 heavy (non-hydrogen) atoms. The summed E-state index contributed by atoms with van der Waals surface area (Å²) in [6, 6.07) is 10.6. The fourth-order valence-corrected chi connectivity index (χ4v) is 4.41. The predicted molar refractivity (Wildman–Crippen MR) is 122 cm³/mol. The molecule has 0 bridgehead atoms. The number of hydrogen-bond acceptors (Lipinski definition) is 5. The molecule has 0 aliphatic heterocycles. The molecule has 9 nitrogen and oxygen atoms in total. The zero-order valence-corrected chi connectivity index (χ0v) is 19.0. The lowest BCUT2D eigenvalue weighted by Crippen LogP contribution is -2.33. The van der Waals surface area contributed by atoms with Gasteiger partial charge < -0.3 is 14.5 Å². The second-order valence-electron chi connectivity index (χ2n) is 7.67. The topological polar surface area (TPSA) is 119 Å². The van der Waals surface area contributed by atoms with E-state index in [0.717, 1.165) is 11.2 Å². The largest absolute Gasteiger partial charge is 0.352 e. The molecular formula is C22H26N4O5S. The lowest BCUT2D eigenvalue weighted by atomic mass is 10.2. The molecule has 0 atom stereocenters. The van der Waals surface area contributed by atoms with E-state index in [2.05, 4.69) is 10.0 Å². The minimum atomic E-state index is -3.91. The fourth-order valence-electron chi connectivity index (χ4n) is 3.39. The summed E-state index contributed by atoms with van der Waals surface area (Å²) < 4.78 is 30.0. The summed E-state index contributed by atoms with van der Waals surface area (Å²) >= 11 is 0. The van der Waals surface area contributed by atoms with Gasteiger partial charge in [-0.2, -0.15) is 0 Å². The van der Waals surface area contributed by atoms with Crippen LogP contribution < -0.4 is 15.6 Å². The maximum atomic E-state index is 12.5. The third-order valence-corrected chi connectivity index (χ3v) is 6.64. The second-order valence-corrected chi connectivity index (χ2v) is 9.51. The van der Waals surface area contributed by atoms with Crippen molar-refractivity contribution < 1.29 is 18.0 Å². The van der Waals surface area contributed by atoms with E-state index < -0.39 is 15.9 Å². The first-order valence-corrected chi connectivity index (χ1v) is 11.8. The van der Waals surface area contributed by atoms with Gasteiger partial charge in [0.2, 0.25) is 15.9 Å². The molecule has 3 rings (SSSR count). The van der Waals surface area contributed by atoms with E-state index in [-0.39, 0.29) is 42.2 Å². The average Bonchev–Trinajstić information content (AvgIpc) is 3.08. The third kappa shape index (κ3) is 5.25. The number of sulfonamides is 1. The Hall–Kier alpha value is -3.40. The SMILES string of the molecule is Cc1ccc(CNC(=O)CCCS(=O)(=O)NC(=O)c2cn(C)c3ccccc23)c(=O)n1C. The fraction of sp³-hybridized carbons (Fsp3) is 0.318. The molecule has 0 radical (unpaired) electrons. The minimum absolute atomic E-state index is 0.0376. The molecule has 2 heterocycles. The second kappa shape index (κ2) is 9.39. The number of hydrogen-bond donors (Lipinski definition) is 2. The van der Waals surface area contributed by atoms with Gasteiger partial charge >= 0.3 is 0 Å². The van der Waals surface area contributed by atoms with E-state index in [1.54, 1.807) is 49.1 Å². The molecule has 0 saturated carbocycles. The van der Waals surface area contributed by atoms with Crippen molar-refractivity contribution in [1.82, 2.24) is 19.2 Å². The van der Waals surface area contributed by atoms with Crippen LogP contribution in [0.2, 0.25) is 0 Å². The van der Waals surface area contributed by atoms with E-state index in [1.807, 2.05) is 19.1 Å². The Labute approximate surface area is 186 Å². The van der Waals surface area contributed by atoms with Crippen molar-refractivity contribution in [2.24, 2.45) is 14.1 Å². The molecule has 0 spiro atoms. The van der Waals surface area contributed by atoms with Crippen LogP contribution in [0.3, 0.4) is 0 Å². The van der Waals surface area contributed by atoms with E-state index in [9.17, 15) is 22.8 Å². The highest BCUT2D eigenvalue weighted by atomic mass is 32.2. The van der Waals surface area contributed by atoms with E-state index in [0.29, 0.717) is 10.9 Å². The number of carbonyl (C=O) groups is 2. The quantitative estimate of drug-likeness (QED) is 0.528. The molecule has 1 aromatic carbocycles. The summed E-state index contributed by atoms with van der Waals surface area (Å²) in [5, 5.41) is 3.28. The molecule has 0 aliphatic carbocycles. The number of pyridine rings is 1. The van der Waals surface area contributed by atoms with Gasteiger partial charge in [-0.15, -0.1) is 0 Å². The number of nitrogens with zero attached hydrogens (tertiary/aromatic N) is 2. The molecule has 0 saturated heterocycles. The summed E-state index contributed by atoms with van der Waals surface area (Å²) in [7, 11) is -0.481. The highest BCUT2D eigenvalue weighted by Crippen LogP contribution is 2.20. The number of carbonyl (C=O) groups excluding carboxylic acids is 2. The van der Waals surface area contributed by atoms with Crippen molar-refractivity contribution in [3.05, 3.63) is 69.8 Å². The molecule has 10 heteroatoms. The Kier molecular flexibility index (Phi) is 6.83. The summed E-state index contributed by atoms with van der Waals surface area (Å²) in [6.07, 6.45) is 1.57. The molecular weight excluding hydrogens is 432 g/mol.